The molecule has 0 bridgehead atoms. The first-order valence-electron chi connectivity index (χ1n) is 9.96. The molecule has 0 aromatic rings. The maximum Gasteiger partial charge on any atom is 0.383 e. The summed E-state index contributed by atoms with van der Waals surface area (Å²) in [5, 5.41) is 0. The van der Waals surface area contributed by atoms with E-state index in [1.807, 2.05) is 0 Å². The summed E-state index contributed by atoms with van der Waals surface area (Å²) in [7, 11) is 0. The van der Waals surface area contributed by atoms with Gasteiger partial charge in [0.05, 0.1) is 11.5 Å². The second kappa shape index (κ2) is 8.44. The lowest BCUT2D eigenvalue weighted by Crippen LogP contribution is -2.38. The molecule has 0 aromatic heterocycles. The van der Waals surface area contributed by atoms with E-state index in [4.69, 9.17) is 4.89 Å². The molecule has 0 amide bonds. The summed E-state index contributed by atoms with van der Waals surface area (Å²) in [5.74, 6) is 1.62. The Bertz CT molecular complexity index is 362. The van der Waals surface area contributed by atoms with Crippen molar-refractivity contribution in [2.45, 2.75) is 104 Å². The Morgan fingerprint density at radius 3 is 1.75 bits per heavy atom. The highest BCUT2D eigenvalue weighted by atomic mass is 19.3. The van der Waals surface area contributed by atoms with E-state index in [2.05, 4.69) is 11.8 Å². The van der Waals surface area contributed by atoms with Gasteiger partial charge < -0.3 is 0 Å². The number of alkyl halides is 2. The smallest absolute Gasteiger partial charge is 0.225 e. The summed E-state index contributed by atoms with van der Waals surface area (Å²) in [6.07, 6.45) is 7.72. The highest BCUT2D eigenvalue weighted by Crippen LogP contribution is 2.45. The average molecular weight is 347 g/mol. The van der Waals surface area contributed by atoms with Gasteiger partial charge in [0.1, 0.15) is 0 Å². The molecule has 4 heteroatoms. The third kappa shape index (κ3) is 5.94. The molecule has 2 saturated carbocycles. The fraction of sp³-hybridized carbons (Fsp3) is 1.00. The van der Waals surface area contributed by atoms with Gasteiger partial charge in [-0.05, 0) is 77.0 Å². The van der Waals surface area contributed by atoms with Crippen LogP contribution in [0.2, 0.25) is 0 Å². The van der Waals surface area contributed by atoms with Crippen molar-refractivity contribution in [3.05, 3.63) is 0 Å². The topological polar surface area (TPSA) is 18.5 Å². The molecule has 0 radical (unpaired) electrons. The van der Waals surface area contributed by atoms with Crippen LogP contribution >= 0.6 is 0 Å². The quantitative estimate of drug-likeness (QED) is 0.392. The van der Waals surface area contributed by atoms with E-state index < -0.39 is 17.6 Å². The van der Waals surface area contributed by atoms with Crippen molar-refractivity contribution in [2.75, 3.05) is 0 Å². The lowest BCUT2D eigenvalue weighted by molar-refractivity contribution is -0.482. The second-order valence-corrected chi connectivity index (χ2v) is 9.02. The van der Waals surface area contributed by atoms with Crippen molar-refractivity contribution in [2.24, 2.45) is 23.7 Å². The van der Waals surface area contributed by atoms with E-state index in [9.17, 15) is 8.78 Å². The van der Waals surface area contributed by atoms with Gasteiger partial charge in [-0.25, -0.2) is 4.89 Å². The van der Waals surface area contributed by atoms with Crippen LogP contribution in [0.25, 0.3) is 0 Å². The van der Waals surface area contributed by atoms with Crippen molar-refractivity contribution in [3.8, 4) is 0 Å². The van der Waals surface area contributed by atoms with Gasteiger partial charge in [0.15, 0.2) is 0 Å². The van der Waals surface area contributed by atoms with Gasteiger partial charge >= 0.3 is 6.11 Å². The minimum atomic E-state index is -3.17. The Labute approximate surface area is 146 Å². The average Bonchev–Trinajstić information content (AvgIpc) is 2.54. The first-order chi connectivity index (χ1) is 11.2. The molecule has 0 aliphatic heterocycles. The van der Waals surface area contributed by atoms with Crippen molar-refractivity contribution in [3.63, 3.8) is 0 Å². The van der Waals surface area contributed by atoms with Crippen LogP contribution in [-0.2, 0) is 9.78 Å². The Morgan fingerprint density at radius 2 is 1.29 bits per heavy atom. The lowest BCUT2D eigenvalue weighted by atomic mass is 9.68. The van der Waals surface area contributed by atoms with Crippen molar-refractivity contribution in [1.29, 1.82) is 0 Å². The van der Waals surface area contributed by atoms with E-state index in [1.165, 1.54) is 38.5 Å². The van der Waals surface area contributed by atoms with Crippen LogP contribution in [0.3, 0.4) is 0 Å². The van der Waals surface area contributed by atoms with Crippen LogP contribution in [0.4, 0.5) is 8.78 Å². The van der Waals surface area contributed by atoms with Crippen molar-refractivity contribution >= 4 is 0 Å². The number of halogens is 2. The van der Waals surface area contributed by atoms with E-state index in [0.717, 1.165) is 24.7 Å². The molecule has 0 spiro atoms. The van der Waals surface area contributed by atoms with Crippen LogP contribution in [0.5, 0.6) is 0 Å². The van der Waals surface area contributed by atoms with E-state index in [0.29, 0.717) is 18.8 Å². The zero-order chi connectivity index (χ0) is 17.8. The minimum Gasteiger partial charge on any atom is -0.225 e. The summed E-state index contributed by atoms with van der Waals surface area (Å²) in [6, 6.07) is 0. The molecular weight excluding hydrogens is 310 g/mol. The zero-order valence-electron chi connectivity index (χ0n) is 16.0. The lowest BCUT2D eigenvalue weighted by Gasteiger charge is -2.39. The molecule has 0 aromatic carbocycles. The molecular formula is C20H36F2O2. The SMILES string of the molecule is CCCC1CCC(C2CCC(C(F)(F)OOC(C)(C)C)CC2)CC1. The monoisotopic (exact) mass is 346 g/mol. The normalized spacial score (nSPS) is 32.8. The van der Waals surface area contributed by atoms with Gasteiger partial charge in [0, 0.05) is 0 Å². The van der Waals surface area contributed by atoms with E-state index in [1.54, 1.807) is 20.8 Å². The summed E-state index contributed by atoms with van der Waals surface area (Å²) in [6.45, 7) is 7.41. The van der Waals surface area contributed by atoms with Gasteiger partial charge in [0.25, 0.3) is 0 Å². The highest BCUT2D eigenvalue weighted by molar-refractivity contribution is 4.84. The molecule has 24 heavy (non-hydrogen) atoms. The van der Waals surface area contributed by atoms with Crippen LogP contribution in [0.15, 0.2) is 0 Å². The molecule has 0 unspecified atom stereocenters. The minimum absolute atomic E-state index is 0.556. The van der Waals surface area contributed by atoms with Crippen LogP contribution < -0.4 is 0 Å². The van der Waals surface area contributed by atoms with Crippen molar-refractivity contribution < 1.29 is 18.6 Å². The maximum atomic E-state index is 14.2. The van der Waals surface area contributed by atoms with Gasteiger partial charge in [-0.15, -0.1) is 0 Å². The molecule has 2 rings (SSSR count). The standard InChI is InChI=1S/C20H36F2O2/c1-5-6-15-7-9-16(10-8-15)17-11-13-18(14-12-17)20(21,22)24-23-19(2,3)4/h15-18H,5-14H2,1-4H3. The largest absolute Gasteiger partial charge is 0.383 e. The third-order valence-electron chi connectivity index (χ3n) is 5.90. The Morgan fingerprint density at radius 1 is 0.792 bits per heavy atom. The molecule has 0 saturated heterocycles. The third-order valence-corrected chi connectivity index (χ3v) is 5.90. The fourth-order valence-corrected chi connectivity index (χ4v) is 4.53. The Kier molecular flexibility index (Phi) is 7.07. The molecule has 2 aliphatic carbocycles. The molecule has 0 heterocycles. The maximum absolute atomic E-state index is 14.2. The van der Waals surface area contributed by atoms with Crippen LogP contribution in [0, 0.1) is 23.7 Å². The van der Waals surface area contributed by atoms with Gasteiger partial charge in [-0.1, -0.05) is 32.6 Å². The molecule has 0 atom stereocenters. The Hall–Kier alpha value is -0.220. The van der Waals surface area contributed by atoms with Gasteiger partial charge in [-0.3, -0.25) is 0 Å². The van der Waals surface area contributed by atoms with E-state index in [-0.39, 0.29) is 0 Å². The van der Waals surface area contributed by atoms with Gasteiger partial charge in [-0.2, -0.15) is 13.7 Å². The first-order valence-corrected chi connectivity index (χ1v) is 9.96. The summed E-state index contributed by atoms with van der Waals surface area (Å²) < 4.78 is 28.4. The predicted octanol–water partition coefficient (Wildman–Crippen LogP) is 6.74. The molecule has 142 valence electrons. The van der Waals surface area contributed by atoms with E-state index >= 15 is 0 Å². The zero-order valence-corrected chi connectivity index (χ0v) is 16.0. The molecule has 0 N–H and O–H groups in total. The fourth-order valence-electron chi connectivity index (χ4n) is 4.53. The summed E-state index contributed by atoms with van der Waals surface area (Å²) >= 11 is 0. The molecule has 2 nitrogen and oxygen atoms in total. The Balaban J connectivity index is 1.75. The van der Waals surface area contributed by atoms with Gasteiger partial charge in [0.2, 0.25) is 0 Å². The first kappa shape index (κ1) is 20.1. The number of hydrogen-bond donors (Lipinski definition) is 0. The summed E-state index contributed by atoms with van der Waals surface area (Å²) in [5.41, 5.74) is -0.711. The predicted molar refractivity (Wildman–Crippen MR) is 92.7 cm³/mol. The van der Waals surface area contributed by atoms with Crippen LogP contribution in [-0.4, -0.2) is 11.7 Å². The van der Waals surface area contributed by atoms with Crippen LogP contribution in [0.1, 0.15) is 91.9 Å². The summed E-state index contributed by atoms with van der Waals surface area (Å²) in [4.78, 5) is 9.40. The highest BCUT2D eigenvalue weighted by Gasteiger charge is 2.45. The molecule has 2 aliphatic rings. The number of hydrogen-bond acceptors (Lipinski definition) is 2. The second-order valence-electron chi connectivity index (χ2n) is 9.02. The number of rotatable bonds is 6. The van der Waals surface area contributed by atoms with Crippen molar-refractivity contribution in [1.82, 2.24) is 0 Å². The molecule has 2 fully saturated rings.